The molecule has 3 N–H and O–H groups in total. The van der Waals surface area contributed by atoms with Crippen molar-refractivity contribution in [1.29, 1.82) is 0 Å². The van der Waals surface area contributed by atoms with Crippen LogP contribution in [0.1, 0.15) is 24.9 Å². The van der Waals surface area contributed by atoms with Gasteiger partial charge in [0.2, 0.25) is 0 Å². The fourth-order valence-corrected chi connectivity index (χ4v) is 2.05. The number of hydrogen-bond acceptors (Lipinski definition) is 3. The van der Waals surface area contributed by atoms with Crippen molar-refractivity contribution >= 4 is 11.7 Å². The normalized spacial score (nSPS) is 17.7. The molecule has 0 radical (unpaired) electrons. The summed E-state index contributed by atoms with van der Waals surface area (Å²) in [6.07, 6.45) is 0.882. The number of urea groups is 1. The summed E-state index contributed by atoms with van der Waals surface area (Å²) in [6.45, 7) is 4.63. The van der Waals surface area contributed by atoms with Gasteiger partial charge in [0, 0.05) is 31.4 Å². The fraction of sp³-hybridized carbons (Fsp3) is 0.500. The van der Waals surface area contributed by atoms with Crippen LogP contribution in [0.2, 0.25) is 0 Å². The molecule has 0 aliphatic carbocycles. The van der Waals surface area contributed by atoms with E-state index in [1.807, 2.05) is 31.2 Å². The molecule has 1 aromatic carbocycles. The lowest BCUT2D eigenvalue weighted by atomic mass is 10.1. The predicted octanol–water partition coefficient (Wildman–Crippen LogP) is 1.96. The van der Waals surface area contributed by atoms with Gasteiger partial charge in [-0.2, -0.15) is 0 Å². The number of anilines is 1. The first-order valence-electron chi connectivity index (χ1n) is 6.66. The molecule has 19 heavy (non-hydrogen) atoms. The van der Waals surface area contributed by atoms with Gasteiger partial charge in [-0.3, -0.25) is 0 Å². The third kappa shape index (κ3) is 3.94. The molecule has 1 unspecified atom stereocenters. The number of carbonyl (C=O) groups excluding carboxylic acids is 1. The zero-order valence-electron chi connectivity index (χ0n) is 11.3. The summed E-state index contributed by atoms with van der Waals surface area (Å²) < 4.78 is 5.34. The Bertz CT molecular complexity index is 426. The van der Waals surface area contributed by atoms with Gasteiger partial charge in [-0.15, -0.1) is 0 Å². The number of nitrogens with one attached hydrogen (secondary N) is 1. The van der Waals surface area contributed by atoms with E-state index in [9.17, 15) is 4.79 Å². The van der Waals surface area contributed by atoms with Crippen LogP contribution in [0.5, 0.6) is 0 Å². The molecule has 5 heteroatoms. The predicted molar refractivity (Wildman–Crippen MR) is 75.1 cm³/mol. The van der Waals surface area contributed by atoms with Crippen LogP contribution in [-0.4, -0.2) is 37.2 Å². The minimum absolute atomic E-state index is 0.0385. The molecule has 104 valence electrons. The monoisotopic (exact) mass is 263 g/mol. The molecule has 1 saturated heterocycles. The highest BCUT2D eigenvalue weighted by Gasteiger charge is 2.15. The first-order chi connectivity index (χ1) is 9.16. The van der Waals surface area contributed by atoms with Crippen LogP contribution in [0.25, 0.3) is 0 Å². The van der Waals surface area contributed by atoms with Gasteiger partial charge in [0.15, 0.2) is 0 Å². The fourth-order valence-electron chi connectivity index (χ4n) is 2.05. The van der Waals surface area contributed by atoms with Gasteiger partial charge < -0.3 is 20.7 Å². The molecule has 0 aromatic heterocycles. The number of nitrogens with two attached hydrogens (primary N) is 1. The molecule has 0 spiro atoms. The van der Waals surface area contributed by atoms with Crippen LogP contribution in [0.4, 0.5) is 10.5 Å². The number of benzene rings is 1. The largest absolute Gasteiger partial charge is 0.380 e. The van der Waals surface area contributed by atoms with Crippen LogP contribution in [0, 0.1) is 0 Å². The van der Waals surface area contributed by atoms with Gasteiger partial charge in [-0.25, -0.2) is 4.79 Å². The van der Waals surface area contributed by atoms with Gasteiger partial charge in [-0.05, 0) is 31.0 Å². The maximum Gasteiger partial charge on any atom is 0.321 e. The third-order valence-corrected chi connectivity index (χ3v) is 3.17. The third-order valence-electron chi connectivity index (χ3n) is 3.17. The molecule has 0 bridgehead atoms. The van der Waals surface area contributed by atoms with E-state index >= 15 is 0 Å². The summed E-state index contributed by atoms with van der Waals surface area (Å²) >= 11 is 0. The van der Waals surface area contributed by atoms with Crippen LogP contribution < -0.4 is 11.1 Å². The number of ether oxygens (including phenoxy) is 1. The molecule has 1 aliphatic rings. The second kappa shape index (κ2) is 6.54. The van der Waals surface area contributed by atoms with Crippen LogP contribution in [0.15, 0.2) is 24.3 Å². The molecule has 1 fully saturated rings. The van der Waals surface area contributed by atoms with E-state index in [0.29, 0.717) is 13.2 Å². The summed E-state index contributed by atoms with van der Waals surface area (Å²) in [5, 5.41) is 2.91. The summed E-state index contributed by atoms with van der Waals surface area (Å²) in [4.78, 5) is 13.9. The van der Waals surface area contributed by atoms with Gasteiger partial charge in [0.25, 0.3) is 0 Å². The van der Waals surface area contributed by atoms with Gasteiger partial charge in [-0.1, -0.05) is 12.1 Å². The minimum Gasteiger partial charge on any atom is -0.380 e. The molecule has 1 atom stereocenters. The van der Waals surface area contributed by atoms with Crippen molar-refractivity contribution in [3.05, 3.63) is 29.8 Å². The first kappa shape index (κ1) is 13.8. The lowest BCUT2D eigenvalue weighted by Crippen LogP contribution is -2.36. The Morgan fingerprint density at radius 2 is 2.26 bits per heavy atom. The van der Waals surface area contributed by atoms with E-state index in [0.717, 1.165) is 30.8 Å². The molecule has 1 aromatic rings. The number of hydrogen-bond donors (Lipinski definition) is 2. The highest BCUT2D eigenvalue weighted by atomic mass is 16.5. The van der Waals surface area contributed by atoms with Crippen molar-refractivity contribution < 1.29 is 9.53 Å². The molecule has 2 amide bonds. The van der Waals surface area contributed by atoms with Crippen LogP contribution >= 0.6 is 0 Å². The number of rotatable bonds is 2. The van der Waals surface area contributed by atoms with Crippen molar-refractivity contribution in [1.82, 2.24) is 4.90 Å². The Kier molecular flexibility index (Phi) is 4.76. The average molecular weight is 263 g/mol. The molecular weight excluding hydrogens is 242 g/mol. The number of carbonyl (C=O) groups is 1. The minimum atomic E-state index is -0.0766. The zero-order valence-corrected chi connectivity index (χ0v) is 11.3. The lowest BCUT2D eigenvalue weighted by Gasteiger charge is -2.20. The Balaban J connectivity index is 1.99. The zero-order chi connectivity index (χ0) is 13.7. The van der Waals surface area contributed by atoms with E-state index in [4.69, 9.17) is 10.5 Å². The summed E-state index contributed by atoms with van der Waals surface area (Å²) in [5.74, 6) is 0. The highest BCUT2D eigenvalue weighted by molar-refractivity contribution is 5.89. The lowest BCUT2D eigenvalue weighted by molar-refractivity contribution is 0.144. The Morgan fingerprint density at radius 3 is 3.05 bits per heavy atom. The topological polar surface area (TPSA) is 67.6 Å². The van der Waals surface area contributed by atoms with Crippen molar-refractivity contribution in [2.24, 2.45) is 5.73 Å². The van der Waals surface area contributed by atoms with Gasteiger partial charge >= 0.3 is 6.03 Å². The molecule has 1 heterocycles. The Morgan fingerprint density at radius 1 is 1.42 bits per heavy atom. The quantitative estimate of drug-likeness (QED) is 0.857. The van der Waals surface area contributed by atoms with E-state index < -0.39 is 0 Å². The number of nitrogens with zero attached hydrogens (tertiary/aromatic N) is 1. The number of amides is 2. The Hall–Kier alpha value is -1.59. The molecule has 2 rings (SSSR count). The van der Waals surface area contributed by atoms with Crippen LogP contribution in [0.3, 0.4) is 0 Å². The van der Waals surface area contributed by atoms with Crippen molar-refractivity contribution in [3.63, 3.8) is 0 Å². The smallest absolute Gasteiger partial charge is 0.321 e. The Labute approximate surface area is 113 Å². The maximum atomic E-state index is 12.1. The molecule has 0 saturated carbocycles. The van der Waals surface area contributed by atoms with Crippen molar-refractivity contribution in [2.75, 3.05) is 31.6 Å². The second-order valence-corrected chi connectivity index (χ2v) is 4.80. The van der Waals surface area contributed by atoms with Gasteiger partial charge in [0.05, 0.1) is 6.61 Å². The highest BCUT2D eigenvalue weighted by Crippen LogP contribution is 2.16. The summed E-state index contributed by atoms with van der Waals surface area (Å²) in [6, 6.07) is 7.53. The first-order valence-corrected chi connectivity index (χ1v) is 6.66. The van der Waals surface area contributed by atoms with E-state index in [1.165, 1.54) is 0 Å². The van der Waals surface area contributed by atoms with E-state index in [1.54, 1.807) is 4.90 Å². The SMILES string of the molecule is CC(N)c1cccc(NC(=O)N2CCCOCC2)c1. The maximum absolute atomic E-state index is 12.1. The molecule has 1 aliphatic heterocycles. The van der Waals surface area contributed by atoms with E-state index in [2.05, 4.69) is 5.32 Å². The van der Waals surface area contributed by atoms with Crippen LogP contribution in [-0.2, 0) is 4.74 Å². The summed E-state index contributed by atoms with van der Waals surface area (Å²) in [7, 11) is 0. The average Bonchev–Trinajstić information content (AvgIpc) is 2.68. The van der Waals surface area contributed by atoms with Gasteiger partial charge in [0.1, 0.15) is 0 Å². The van der Waals surface area contributed by atoms with E-state index in [-0.39, 0.29) is 12.1 Å². The van der Waals surface area contributed by atoms with Crippen molar-refractivity contribution in [3.8, 4) is 0 Å². The second-order valence-electron chi connectivity index (χ2n) is 4.80. The summed E-state index contributed by atoms with van der Waals surface area (Å²) in [5.41, 5.74) is 7.63. The molecular formula is C14H21N3O2. The van der Waals surface area contributed by atoms with Crippen molar-refractivity contribution in [2.45, 2.75) is 19.4 Å². The molecule has 5 nitrogen and oxygen atoms in total. The standard InChI is InChI=1S/C14H21N3O2/c1-11(15)12-4-2-5-13(10-12)16-14(18)17-6-3-8-19-9-7-17/h2,4-5,10-11H,3,6-9,15H2,1H3,(H,16,18).